The third-order valence-electron chi connectivity index (χ3n) is 5.36. The van der Waals surface area contributed by atoms with Crippen molar-refractivity contribution in [1.29, 1.82) is 0 Å². The second-order valence-electron chi connectivity index (χ2n) is 7.56. The van der Waals surface area contributed by atoms with Crippen LogP contribution in [0.3, 0.4) is 0 Å². The molecule has 1 aromatic carbocycles. The Balaban J connectivity index is 0.00000363. The zero-order valence-electron chi connectivity index (χ0n) is 19.3. The van der Waals surface area contributed by atoms with Gasteiger partial charge in [-0.25, -0.2) is 9.98 Å². The van der Waals surface area contributed by atoms with Gasteiger partial charge in [0.15, 0.2) is 11.7 Å². The van der Waals surface area contributed by atoms with Crippen molar-refractivity contribution in [3.63, 3.8) is 0 Å². The van der Waals surface area contributed by atoms with Crippen LogP contribution in [0.4, 0.5) is 0 Å². The van der Waals surface area contributed by atoms with Gasteiger partial charge in [-0.1, -0.05) is 49.3 Å². The normalized spacial score (nSPS) is 11.4. The topological polar surface area (TPSA) is 80.3 Å². The molecule has 0 bridgehead atoms. The molecule has 0 aliphatic carbocycles. The summed E-state index contributed by atoms with van der Waals surface area (Å²) in [5.41, 5.74) is 2.29. The summed E-state index contributed by atoms with van der Waals surface area (Å²) in [6.45, 7) is 9.25. The van der Waals surface area contributed by atoms with Crippen LogP contribution in [0.2, 0.25) is 0 Å². The number of guanidine groups is 1. The van der Waals surface area contributed by atoms with E-state index in [-0.39, 0.29) is 24.0 Å². The van der Waals surface area contributed by atoms with Crippen molar-refractivity contribution in [3.05, 3.63) is 71.6 Å². The first kappa shape index (κ1) is 25.9. The summed E-state index contributed by atoms with van der Waals surface area (Å²) in [6.07, 6.45) is 6.83. The molecule has 0 unspecified atom stereocenters. The molecule has 32 heavy (non-hydrogen) atoms. The number of rotatable bonds is 11. The fourth-order valence-corrected chi connectivity index (χ4v) is 3.59. The number of benzene rings is 1. The average Bonchev–Trinajstić information content (AvgIpc) is 3.44. The molecule has 3 rings (SSSR count). The Morgan fingerprint density at radius 3 is 2.62 bits per heavy atom. The molecular formula is C24H35IN6O. The van der Waals surface area contributed by atoms with Crippen molar-refractivity contribution in [1.82, 2.24) is 25.3 Å². The van der Waals surface area contributed by atoms with Gasteiger partial charge in [0, 0.05) is 50.4 Å². The molecule has 0 saturated heterocycles. The predicted octanol–water partition coefficient (Wildman–Crippen LogP) is 4.74. The molecular weight excluding hydrogens is 515 g/mol. The van der Waals surface area contributed by atoms with Gasteiger partial charge in [-0.05, 0) is 25.3 Å². The Morgan fingerprint density at radius 2 is 1.91 bits per heavy atom. The summed E-state index contributed by atoms with van der Waals surface area (Å²) in [5, 5.41) is 10.9. The maximum atomic E-state index is 5.49. The van der Waals surface area contributed by atoms with E-state index in [9.17, 15) is 0 Å². The molecule has 0 fully saturated rings. The Labute approximate surface area is 208 Å². The van der Waals surface area contributed by atoms with E-state index >= 15 is 0 Å². The molecule has 0 radical (unpaired) electrons. The average molecular weight is 550 g/mol. The lowest BCUT2D eigenvalue weighted by Gasteiger charge is -2.12. The Morgan fingerprint density at radius 1 is 1.12 bits per heavy atom. The van der Waals surface area contributed by atoms with Gasteiger partial charge in [0.1, 0.15) is 12.4 Å². The molecule has 0 saturated carbocycles. The maximum absolute atomic E-state index is 5.49. The van der Waals surface area contributed by atoms with Gasteiger partial charge in [-0.3, -0.25) is 0 Å². The number of aromatic nitrogens is 3. The van der Waals surface area contributed by atoms with Gasteiger partial charge in [-0.2, -0.15) is 0 Å². The van der Waals surface area contributed by atoms with Crippen molar-refractivity contribution in [2.24, 2.45) is 4.99 Å². The van der Waals surface area contributed by atoms with Crippen LogP contribution in [0.1, 0.15) is 62.4 Å². The molecule has 174 valence electrons. The quantitative estimate of drug-likeness (QED) is 0.205. The zero-order valence-corrected chi connectivity index (χ0v) is 21.6. The molecule has 2 N–H and O–H groups in total. The minimum absolute atomic E-state index is 0. The molecule has 7 nitrogen and oxygen atoms in total. The summed E-state index contributed by atoms with van der Waals surface area (Å²) in [5.74, 6) is 3.06. The highest BCUT2D eigenvalue weighted by atomic mass is 127. The highest BCUT2D eigenvalue weighted by Crippen LogP contribution is 2.22. The maximum Gasteiger partial charge on any atom is 0.191 e. The van der Waals surface area contributed by atoms with Crippen molar-refractivity contribution in [3.8, 4) is 0 Å². The second kappa shape index (κ2) is 13.9. The minimum atomic E-state index is 0. The van der Waals surface area contributed by atoms with Crippen LogP contribution in [-0.4, -0.2) is 33.8 Å². The van der Waals surface area contributed by atoms with Crippen LogP contribution >= 0.6 is 24.0 Å². The SMILES string of the molecule is CCNC(=NCc1cc(C(CC)CC)no1)NCCc1nccn1Cc1ccccc1.I. The van der Waals surface area contributed by atoms with Crippen molar-refractivity contribution < 1.29 is 4.52 Å². The number of imidazole rings is 1. The van der Waals surface area contributed by atoms with E-state index in [4.69, 9.17) is 4.52 Å². The van der Waals surface area contributed by atoms with Crippen LogP contribution in [0.15, 0.2) is 58.3 Å². The number of halogens is 1. The van der Waals surface area contributed by atoms with Gasteiger partial charge in [-0.15, -0.1) is 24.0 Å². The van der Waals surface area contributed by atoms with E-state index in [1.54, 1.807) is 0 Å². The third-order valence-corrected chi connectivity index (χ3v) is 5.36. The standard InChI is InChI=1S/C24H34N6O.HI/c1-4-20(5-2)22-16-21(31-29-22)17-28-24(25-6-3)27-13-12-23-26-14-15-30(23)18-19-10-8-7-9-11-19;/h7-11,14-16,20H,4-6,12-13,17-18H2,1-3H3,(H2,25,27,28);1H. The lowest BCUT2D eigenvalue weighted by atomic mass is 9.99. The molecule has 8 heteroatoms. The highest BCUT2D eigenvalue weighted by Gasteiger charge is 2.13. The summed E-state index contributed by atoms with van der Waals surface area (Å²) in [6, 6.07) is 12.5. The molecule has 0 aliphatic rings. The molecule has 0 atom stereocenters. The van der Waals surface area contributed by atoms with Gasteiger partial charge in [0.25, 0.3) is 0 Å². The number of nitrogens with zero attached hydrogens (tertiary/aromatic N) is 4. The lowest BCUT2D eigenvalue weighted by molar-refractivity contribution is 0.372. The molecule has 2 heterocycles. The van der Waals surface area contributed by atoms with Gasteiger partial charge in [0.2, 0.25) is 0 Å². The number of hydrogen-bond acceptors (Lipinski definition) is 4. The first-order valence-corrected chi connectivity index (χ1v) is 11.2. The summed E-state index contributed by atoms with van der Waals surface area (Å²) < 4.78 is 7.68. The van der Waals surface area contributed by atoms with E-state index in [1.165, 1.54) is 5.56 Å². The second-order valence-corrected chi connectivity index (χ2v) is 7.56. The lowest BCUT2D eigenvalue weighted by Crippen LogP contribution is -2.38. The van der Waals surface area contributed by atoms with E-state index in [1.807, 2.05) is 24.5 Å². The number of hydrogen-bond donors (Lipinski definition) is 2. The van der Waals surface area contributed by atoms with Crippen molar-refractivity contribution in [2.45, 2.75) is 59.0 Å². The molecule has 0 amide bonds. The minimum Gasteiger partial charge on any atom is -0.359 e. The van der Waals surface area contributed by atoms with Crippen LogP contribution in [0, 0.1) is 0 Å². The van der Waals surface area contributed by atoms with E-state index in [0.29, 0.717) is 12.5 Å². The largest absolute Gasteiger partial charge is 0.359 e. The molecule has 0 aliphatic heterocycles. The Hall–Kier alpha value is -2.36. The molecule has 0 spiro atoms. The van der Waals surface area contributed by atoms with E-state index in [0.717, 1.165) is 62.1 Å². The molecule has 2 aromatic heterocycles. The zero-order chi connectivity index (χ0) is 21.9. The predicted molar refractivity (Wildman–Crippen MR) is 140 cm³/mol. The van der Waals surface area contributed by atoms with Crippen molar-refractivity contribution in [2.75, 3.05) is 13.1 Å². The smallest absolute Gasteiger partial charge is 0.191 e. The van der Waals surface area contributed by atoms with Crippen LogP contribution < -0.4 is 10.6 Å². The monoisotopic (exact) mass is 550 g/mol. The first-order valence-electron chi connectivity index (χ1n) is 11.2. The van der Waals surface area contributed by atoms with Gasteiger partial charge in [0.05, 0.1) is 5.69 Å². The summed E-state index contributed by atoms with van der Waals surface area (Å²) in [4.78, 5) is 9.17. The van der Waals surface area contributed by atoms with Crippen LogP contribution in [0.5, 0.6) is 0 Å². The number of aliphatic imine (C=N–C) groups is 1. The van der Waals surface area contributed by atoms with Crippen LogP contribution in [0.25, 0.3) is 0 Å². The van der Waals surface area contributed by atoms with Gasteiger partial charge < -0.3 is 19.7 Å². The Kier molecular flexibility index (Phi) is 11.3. The van der Waals surface area contributed by atoms with E-state index in [2.05, 4.69) is 75.4 Å². The van der Waals surface area contributed by atoms with Gasteiger partial charge >= 0.3 is 0 Å². The third kappa shape index (κ3) is 7.65. The number of nitrogens with one attached hydrogen (secondary N) is 2. The first-order chi connectivity index (χ1) is 15.2. The van der Waals surface area contributed by atoms with Crippen molar-refractivity contribution >= 4 is 29.9 Å². The Bertz CT molecular complexity index is 933. The molecule has 3 aromatic rings. The fraction of sp³-hybridized carbons (Fsp3) is 0.458. The van der Waals surface area contributed by atoms with Crippen LogP contribution in [-0.2, 0) is 19.5 Å². The van der Waals surface area contributed by atoms with E-state index < -0.39 is 0 Å². The highest BCUT2D eigenvalue weighted by molar-refractivity contribution is 14.0. The summed E-state index contributed by atoms with van der Waals surface area (Å²) in [7, 11) is 0. The summed E-state index contributed by atoms with van der Waals surface area (Å²) >= 11 is 0. The fourth-order valence-electron chi connectivity index (χ4n) is 3.59.